The van der Waals surface area contributed by atoms with Crippen LogP contribution >= 0.6 is 0 Å². The number of rotatable bonds is 4. The average Bonchev–Trinajstić information content (AvgIpc) is 3.08. The SMILES string of the molecule is Cc1ccc(-n2cc(CNC3CC3)nn2)cc1F. The van der Waals surface area contributed by atoms with Gasteiger partial charge in [-0.15, -0.1) is 5.10 Å². The molecule has 18 heavy (non-hydrogen) atoms. The van der Waals surface area contributed by atoms with E-state index >= 15 is 0 Å². The van der Waals surface area contributed by atoms with E-state index in [0.29, 0.717) is 17.3 Å². The van der Waals surface area contributed by atoms with Crippen LogP contribution in [0.1, 0.15) is 24.1 Å². The van der Waals surface area contributed by atoms with Crippen LogP contribution < -0.4 is 5.32 Å². The molecule has 1 aromatic heterocycles. The molecule has 0 spiro atoms. The van der Waals surface area contributed by atoms with Crippen LogP contribution in [-0.4, -0.2) is 21.0 Å². The molecule has 4 nitrogen and oxygen atoms in total. The fourth-order valence-electron chi connectivity index (χ4n) is 1.77. The molecule has 0 aliphatic heterocycles. The summed E-state index contributed by atoms with van der Waals surface area (Å²) in [5, 5.41) is 11.5. The summed E-state index contributed by atoms with van der Waals surface area (Å²) in [6.45, 7) is 2.46. The summed E-state index contributed by atoms with van der Waals surface area (Å²) >= 11 is 0. The van der Waals surface area contributed by atoms with Crippen molar-refractivity contribution in [2.75, 3.05) is 0 Å². The predicted molar refractivity (Wildman–Crippen MR) is 65.9 cm³/mol. The summed E-state index contributed by atoms with van der Waals surface area (Å²) in [6, 6.07) is 5.70. The molecule has 0 atom stereocenters. The van der Waals surface area contributed by atoms with Crippen molar-refractivity contribution in [1.29, 1.82) is 0 Å². The minimum absolute atomic E-state index is 0.222. The van der Waals surface area contributed by atoms with Crippen LogP contribution in [0.5, 0.6) is 0 Å². The molecule has 2 aromatic rings. The van der Waals surface area contributed by atoms with Gasteiger partial charge in [0.2, 0.25) is 0 Å². The maximum Gasteiger partial charge on any atom is 0.128 e. The molecule has 1 N–H and O–H groups in total. The van der Waals surface area contributed by atoms with Gasteiger partial charge in [-0.05, 0) is 37.5 Å². The first kappa shape index (κ1) is 11.3. The van der Waals surface area contributed by atoms with Crippen LogP contribution in [0.4, 0.5) is 4.39 Å². The summed E-state index contributed by atoms with van der Waals surface area (Å²) in [5.74, 6) is -0.222. The van der Waals surface area contributed by atoms with Crippen LogP contribution in [0.15, 0.2) is 24.4 Å². The number of aryl methyl sites for hydroxylation is 1. The summed E-state index contributed by atoms with van der Waals surface area (Å²) in [4.78, 5) is 0. The number of hydrogen-bond acceptors (Lipinski definition) is 3. The summed E-state index contributed by atoms with van der Waals surface area (Å²) in [7, 11) is 0. The number of nitrogens with one attached hydrogen (secondary N) is 1. The van der Waals surface area contributed by atoms with Gasteiger partial charge in [0, 0.05) is 12.6 Å². The number of hydrogen-bond donors (Lipinski definition) is 1. The lowest BCUT2D eigenvalue weighted by atomic mass is 10.2. The Morgan fingerprint density at radius 1 is 1.44 bits per heavy atom. The molecule has 1 aliphatic carbocycles. The van der Waals surface area contributed by atoms with Gasteiger partial charge in [-0.25, -0.2) is 9.07 Å². The fraction of sp³-hybridized carbons (Fsp3) is 0.385. The third kappa shape index (κ3) is 2.41. The smallest absolute Gasteiger partial charge is 0.128 e. The lowest BCUT2D eigenvalue weighted by Gasteiger charge is -2.01. The quantitative estimate of drug-likeness (QED) is 0.896. The zero-order chi connectivity index (χ0) is 12.5. The van der Waals surface area contributed by atoms with E-state index in [-0.39, 0.29) is 5.82 Å². The highest BCUT2D eigenvalue weighted by atomic mass is 19.1. The van der Waals surface area contributed by atoms with Crippen molar-refractivity contribution in [3.63, 3.8) is 0 Å². The van der Waals surface area contributed by atoms with Crippen molar-refractivity contribution in [3.05, 3.63) is 41.5 Å². The molecule has 1 heterocycles. The predicted octanol–water partition coefficient (Wildman–Crippen LogP) is 1.97. The maximum atomic E-state index is 13.5. The Kier molecular flexibility index (Phi) is 2.83. The van der Waals surface area contributed by atoms with E-state index < -0.39 is 0 Å². The minimum Gasteiger partial charge on any atom is -0.308 e. The summed E-state index contributed by atoms with van der Waals surface area (Å²) in [5.41, 5.74) is 2.21. The number of halogens is 1. The second kappa shape index (κ2) is 4.49. The van der Waals surface area contributed by atoms with Gasteiger partial charge in [0.25, 0.3) is 0 Å². The van der Waals surface area contributed by atoms with Gasteiger partial charge in [-0.3, -0.25) is 0 Å². The summed E-state index contributed by atoms with van der Waals surface area (Å²) in [6.07, 6.45) is 4.33. The second-order valence-corrected chi connectivity index (χ2v) is 4.74. The third-order valence-electron chi connectivity index (χ3n) is 3.11. The first-order chi connectivity index (χ1) is 8.72. The van der Waals surface area contributed by atoms with Gasteiger partial charge in [-0.2, -0.15) is 0 Å². The van der Waals surface area contributed by atoms with Crippen molar-refractivity contribution in [2.24, 2.45) is 0 Å². The Hall–Kier alpha value is -1.75. The normalized spacial score (nSPS) is 15.0. The van der Waals surface area contributed by atoms with Crippen molar-refractivity contribution in [3.8, 4) is 5.69 Å². The van der Waals surface area contributed by atoms with Crippen LogP contribution in [0.25, 0.3) is 5.69 Å². The molecule has 0 bridgehead atoms. The van der Waals surface area contributed by atoms with Gasteiger partial charge in [0.1, 0.15) is 5.82 Å². The van der Waals surface area contributed by atoms with E-state index in [9.17, 15) is 4.39 Å². The molecule has 94 valence electrons. The highest BCUT2D eigenvalue weighted by molar-refractivity contribution is 5.34. The van der Waals surface area contributed by atoms with Crippen molar-refractivity contribution in [1.82, 2.24) is 20.3 Å². The molecule has 0 unspecified atom stereocenters. The Balaban J connectivity index is 1.76. The first-order valence-corrected chi connectivity index (χ1v) is 6.13. The molecule has 3 rings (SSSR count). The monoisotopic (exact) mass is 246 g/mol. The van der Waals surface area contributed by atoms with E-state index in [1.807, 2.05) is 12.3 Å². The Morgan fingerprint density at radius 3 is 3.00 bits per heavy atom. The maximum absolute atomic E-state index is 13.5. The van der Waals surface area contributed by atoms with Gasteiger partial charge in [0.05, 0.1) is 17.6 Å². The Bertz CT molecular complexity index is 560. The molecule has 1 aliphatic rings. The largest absolute Gasteiger partial charge is 0.308 e. The zero-order valence-corrected chi connectivity index (χ0v) is 10.2. The highest BCUT2D eigenvalue weighted by Crippen LogP contribution is 2.19. The topological polar surface area (TPSA) is 42.7 Å². The highest BCUT2D eigenvalue weighted by Gasteiger charge is 2.20. The standard InChI is InChI=1S/C13H15FN4/c1-9-2-5-12(6-13(9)14)18-8-11(16-17-18)7-15-10-3-4-10/h2,5-6,8,10,15H,3-4,7H2,1H3. The van der Waals surface area contributed by atoms with Crippen molar-refractivity contribution >= 4 is 0 Å². The average molecular weight is 246 g/mol. The zero-order valence-electron chi connectivity index (χ0n) is 10.2. The molecule has 0 saturated heterocycles. The van der Waals surface area contributed by atoms with Gasteiger partial charge >= 0.3 is 0 Å². The second-order valence-electron chi connectivity index (χ2n) is 4.74. The van der Waals surface area contributed by atoms with Crippen LogP contribution in [0.3, 0.4) is 0 Å². The molecule has 0 radical (unpaired) electrons. The minimum atomic E-state index is -0.222. The van der Waals surface area contributed by atoms with Gasteiger partial charge in [-0.1, -0.05) is 11.3 Å². The van der Waals surface area contributed by atoms with E-state index in [0.717, 1.165) is 12.2 Å². The molecular formula is C13H15FN4. The lowest BCUT2D eigenvalue weighted by molar-refractivity contribution is 0.615. The molecule has 0 amide bonds. The molecule has 1 aromatic carbocycles. The van der Waals surface area contributed by atoms with E-state index in [1.165, 1.54) is 18.9 Å². The first-order valence-electron chi connectivity index (χ1n) is 6.13. The van der Waals surface area contributed by atoms with E-state index in [4.69, 9.17) is 0 Å². The molecule has 1 fully saturated rings. The molecular weight excluding hydrogens is 231 g/mol. The van der Waals surface area contributed by atoms with Gasteiger partial charge < -0.3 is 5.32 Å². The third-order valence-corrected chi connectivity index (χ3v) is 3.11. The number of benzene rings is 1. The van der Waals surface area contributed by atoms with Crippen LogP contribution in [0.2, 0.25) is 0 Å². The summed E-state index contributed by atoms with van der Waals surface area (Å²) < 4.78 is 15.1. The number of aromatic nitrogens is 3. The van der Waals surface area contributed by atoms with Crippen molar-refractivity contribution in [2.45, 2.75) is 32.4 Å². The van der Waals surface area contributed by atoms with Crippen LogP contribution in [0, 0.1) is 12.7 Å². The van der Waals surface area contributed by atoms with Crippen LogP contribution in [-0.2, 0) is 6.54 Å². The van der Waals surface area contributed by atoms with Gasteiger partial charge in [0.15, 0.2) is 0 Å². The Morgan fingerprint density at radius 2 is 2.28 bits per heavy atom. The van der Waals surface area contributed by atoms with Crippen molar-refractivity contribution < 1.29 is 4.39 Å². The van der Waals surface area contributed by atoms with E-state index in [1.54, 1.807) is 17.7 Å². The van der Waals surface area contributed by atoms with E-state index in [2.05, 4.69) is 15.6 Å². The number of nitrogens with zero attached hydrogens (tertiary/aromatic N) is 3. The lowest BCUT2D eigenvalue weighted by Crippen LogP contribution is -2.15. The fourth-order valence-corrected chi connectivity index (χ4v) is 1.77. The molecule has 1 saturated carbocycles. The molecule has 5 heteroatoms. The Labute approximate surface area is 105 Å².